The minimum absolute atomic E-state index is 0.120. The molecule has 0 atom stereocenters. The van der Waals surface area contributed by atoms with Crippen LogP contribution in [-0.2, 0) is 11.3 Å². The third-order valence-electron chi connectivity index (χ3n) is 3.40. The minimum atomic E-state index is -0.390. The Balaban J connectivity index is 1.84. The molecular formula is C17H10BrClFNO2S. The summed E-state index contributed by atoms with van der Waals surface area (Å²) in [5, 5.41) is 0.148. The van der Waals surface area contributed by atoms with E-state index in [1.54, 1.807) is 42.5 Å². The summed E-state index contributed by atoms with van der Waals surface area (Å²) in [6.45, 7) is 0.120. The quantitative estimate of drug-likeness (QED) is 0.610. The summed E-state index contributed by atoms with van der Waals surface area (Å²) in [7, 11) is 0. The second-order valence-corrected chi connectivity index (χ2v) is 7.29. The Morgan fingerprint density at radius 2 is 1.96 bits per heavy atom. The lowest BCUT2D eigenvalue weighted by molar-refractivity contribution is -0.123. The molecule has 0 radical (unpaired) electrons. The van der Waals surface area contributed by atoms with Gasteiger partial charge in [-0.1, -0.05) is 35.9 Å². The number of thioether (sulfide) groups is 1. The number of halogens is 3. The van der Waals surface area contributed by atoms with Crippen LogP contribution < -0.4 is 0 Å². The molecule has 7 heteroatoms. The van der Waals surface area contributed by atoms with Gasteiger partial charge in [0, 0.05) is 5.02 Å². The van der Waals surface area contributed by atoms with Gasteiger partial charge >= 0.3 is 0 Å². The van der Waals surface area contributed by atoms with Crippen LogP contribution in [0.2, 0.25) is 5.02 Å². The van der Waals surface area contributed by atoms with Crippen LogP contribution >= 0.6 is 39.3 Å². The van der Waals surface area contributed by atoms with E-state index in [0.29, 0.717) is 25.5 Å². The molecule has 3 rings (SSSR count). The average molecular weight is 427 g/mol. The van der Waals surface area contributed by atoms with E-state index in [4.69, 9.17) is 11.6 Å². The highest BCUT2D eigenvalue weighted by molar-refractivity contribution is 9.10. The molecule has 2 aromatic rings. The molecule has 1 aliphatic rings. The molecule has 0 saturated carbocycles. The third-order valence-corrected chi connectivity index (χ3v) is 5.29. The lowest BCUT2D eigenvalue weighted by Gasteiger charge is -2.13. The van der Waals surface area contributed by atoms with Crippen molar-refractivity contribution >= 4 is 56.5 Å². The van der Waals surface area contributed by atoms with E-state index < -0.39 is 0 Å². The monoisotopic (exact) mass is 425 g/mol. The molecule has 0 aliphatic carbocycles. The second kappa shape index (κ2) is 7.09. The van der Waals surface area contributed by atoms with Crippen molar-refractivity contribution in [2.45, 2.75) is 6.54 Å². The van der Waals surface area contributed by atoms with Crippen LogP contribution in [0, 0.1) is 5.82 Å². The summed E-state index contributed by atoms with van der Waals surface area (Å²) < 4.78 is 13.6. The van der Waals surface area contributed by atoms with Gasteiger partial charge in [0.2, 0.25) is 0 Å². The number of carbonyl (C=O) groups is 2. The van der Waals surface area contributed by atoms with Crippen LogP contribution in [0.25, 0.3) is 6.08 Å². The number of hydrogen-bond donors (Lipinski definition) is 0. The predicted octanol–water partition coefficient (Wildman–Crippen LogP) is 5.48. The van der Waals surface area contributed by atoms with Gasteiger partial charge in [0.05, 0.1) is 15.9 Å². The second-order valence-electron chi connectivity index (χ2n) is 5.03. The predicted molar refractivity (Wildman–Crippen MR) is 97.1 cm³/mol. The summed E-state index contributed by atoms with van der Waals surface area (Å²) in [4.78, 5) is 26.1. The Hall–Kier alpha value is -1.63. The van der Waals surface area contributed by atoms with Gasteiger partial charge in [-0.25, -0.2) is 4.39 Å². The van der Waals surface area contributed by atoms with E-state index >= 15 is 0 Å². The maximum Gasteiger partial charge on any atom is 0.293 e. The summed E-state index contributed by atoms with van der Waals surface area (Å²) in [6.07, 6.45) is 1.57. The Morgan fingerprint density at radius 3 is 2.67 bits per heavy atom. The van der Waals surface area contributed by atoms with E-state index in [-0.39, 0.29) is 23.5 Å². The molecule has 0 spiro atoms. The maximum atomic E-state index is 13.3. The zero-order chi connectivity index (χ0) is 17.3. The molecule has 2 aromatic carbocycles. The molecule has 0 unspecified atom stereocenters. The van der Waals surface area contributed by atoms with Crippen LogP contribution in [0.5, 0.6) is 0 Å². The van der Waals surface area contributed by atoms with Gasteiger partial charge in [-0.15, -0.1) is 0 Å². The van der Waals surface area contributed by atoms with E-state index in [1.807, 2.05) is 0 Å². The fraction of sp³-hybridized carbons (Fsp3) is 0.0588. The SMILES string of the molecule is O=C1S/C(=C/c2ccc(F)c(Br)c2)C(=O)N1Cc1ccccc1Cl. The molecule has 122 valence electrons. The Labute approximate surface area is 155 Å². The van der Waals surface area contributed by atoms with Crippen molar-refractivity contribution in [3.8, 4) is 0 Å². The van der Waals surface area contributed by atoms with Crippen molar-refractivity contribution < 1.29 is 14.0 Å². The van der Waals surface area contributed by atoms with Gasteiger partial charge in [0.25, 0.3) is 11.1 Å². The molecule has 0 bridgehead atoms. The van der Waals surface area contributed by atoms with Gasteiger partial charge in [-0.3, -0.25) is 14.5 Å². The van der Waals surface area contributed by atoms with Gasteiger partial charge in [0.1, 0.15) is 5.82 Å². The number of nitrogens with zero attached hydrogens (tertiary/aromatic N) is 1. The number of rotatable bonds is 3. The number of amides is 2. The van der Waals surface area contributed by atoms with Gasteiger partial charge < -0.3 is 0 Å². The third kappa shape index (κ3) is 3.55. The average Bonchev–Trinajstić information content (AvgIpc) is 2.80. The maximum absolute atomic E-state index is 13.3. The Kier molecular flexibility index (Phi) is 5.08. The van der Waals surface area contributed by atoms with Crippen LogP contribution in [0.1, 0.15) is 11.1 Å². The highest BCUT2D eigenvalue weighted by Crippen LogP contribution is 2.34. The molecule has 1 saturated heterocycles. The number of carbonyl (C=O) groups excluding carboxylic acids is 2. The first-order valence-electron chi connectivity index (χ1n) is 6.89. The molecule has 1 aliphatic heterocycles. The summed E-state index contributed by atoms with van der Waals surface area (Å²) in [6, 6.07) is 11.5. The lowest BCUT2D eigenvalue weighted by atomic mass is 10.2. The van der Waals surface area contributed by atoms with Gasteiger partial charge in [-0.2, -0.15) is 0 Å². The van der Waals surface area contributed by atoms with Crippen molar-refractivity contribution in [3.05, 3.63) is 73.8 Å². The lowest BCUT2D eigenvalue weighted by Crippen LogP contribution is -2.27. The number of hydrogen-bond acceptors (Lipinski definition) is 3. The molecule has 3 nitrogen and oxygen atoms in total. The fourth-order valence-corrected chi connectivity index (χ4v) is 3.62. The first kappa shape index (κ1) is 17.2. The van der Waals surface area contributed by atoms with Crippen LogP contribution in [0.15, 0.2) is 51.8 Å². The van der Waals surface area contributed by atoms with Crippen molar-refractivity contribution in [2.24, 2.45) is 0 Å². The highest BCUT2D eigenvalue weighted by Gasteiger charge is 2.35. The topological polar surface area (TPSA) is 37.4 Å². The van der Waals surface area contributed by atoms with E-state index in [1.165, 1.54) is 6.07 Å². The zero-order valence-electron chi connectivity index (χ0n) is 12.1. The molecular weight excluding hydrogens is 417 g/mol. The van der Waals surface area contributed by atoms with E-state index in [9.17, 15) is 14.0 Å². The van der Waals surface area contributed by atoms with Gasteiger partial charge in [0.15, 0.2) is 0 Å². The molecule has 0 N–H and O–H groups in total. The van der Waals surface area contributed by atoms with Crippen LogP contribution in [-0.4, -0.2) is 16.0 Å². The smallest absolute Gasteiger partial charge is 0.268 e. The number of benzene rings is 2. The largest absolute Gasteiger partial charge is 0.293 e. The molecule has 1 heterocycles. The highest BCUT2D eigenvalue weighted by atomic mass is 79.9. The standard InChI is InChI=1S/C17H10BrClFNO2S/c18-12-7-10(5-6-14(12)20)8-15-16(22)21(17(23)24-15)9-11-3-1-2-4-13(11)19/h1-8H,9H2/b15-8+. The van der Waals surface area contributed by atoms with Crippen LogP contribution in [0.3, 0.4) is 0 Å². The fourth-order valence-electron chi connectivity index (χ4n) is 2.19. The summed E-state index contributed by atoms with van der Waals surface area (Å²) >= 11 is 10.0. The summed E-state index contributed by atoms with van der Waals surface area (Å²) in [5.41, 5.74) is 1.33. The number of imide groups is 1. The molecule has 24 heavy (non-hydrogen) atoms. The van der Waals surface area contributed by atoms with E-state index in [0.717, 1.165) is 16.7 Å². The van der Waals surface area contributed by atoms with Crippen molar-refractivity contribution in [1.82, 2.24) is 4.90 Å². The first-order chi connectivity index (χ1) is 11.5. The summed E-state index contributed by atoms with van der Waals surface area (Å²) in [5.74, 6) is -0.774. The van der Waals surface area contributed by atoms with Crippen molar-refractivity contribution in [1.29, 1.82) is 0 Å². The molecule has 2 amide bonds. The molecule has 0 aromatic heterocycles. The van der Waals surface area contributed by atoms with Gasteiger partial charge in [-0.05, 0) is 63.1 Å². The Morgan fingerprint density at radius 1 is 1.21 bits per heavy atom. The first-order valence-corrected chi connectivity index (χ1v) is 8.88. The van der Waals surface area contributed by atoms with Crippen LogP contribution in [0.4, 0.5) is 9.18 Å². The Bertz CT molecular complexity index is 871. The zero-order valence-corrected chi connectivity index (χ0v) is 15.3. The van der Waals surface area contributed by atoms with Crippen molar-refractivity contribution in [3.63, 3.8) is 0 Å². The minimum Gasteiger partial charge on any atom is -0.268 e. The molecule has 1 fully saturated rings. The normalized spacial score (nSPS) is 16.3. The van der Waals surface area contributed by atoms with Crippen molar-refractivity contribution in [2.75, 3.05) is 0 Å². The van der Waals surface area contributed by atoms with E-state index in [2.05, 4.69) is 15.9 Å².